The maximum Gasteiger partial charge on any atom is 0.255 e. The van der Waals surface area contributed by atoms with Gasteiger partial charge in [-0.1, -0.05) is 36.4 Å². The van der Waals surface area contributed by atoms with Gasteiger partial charge in [-0.3, -0.25) is 14.5 Å². The molecular weight excluding hydrogens is 324 g/mol. The van der Waals surface area contributed by atoms with Crippen LogP contribution in [0.4, 0.5) is 0 Å². The lowest BCUT2D eigenvalue weighted by molar-refractivity contribution is 0.0949. The first kappa shape index (κ1) is 16.5. The zero-order valence-electron chi connectivity index (χ0n) is 14.9. The molecule has 0 atom stereocenters. The predicted molar refractivity (Wildman–Crippen MR) is 99.9 cm³/mol. The molecule has 0 unspecified atom stereocenters. The van der Waals surface area contributed by atoms with Crippen molar-refractivity contribution in [2.24, 2.45) is 7.05 Å². The normalized spacial score (nSPS) is 12.8. The summed E-state index contributed by atoms with van der Waals surface area (Å²) < 4.78 is 1.77. The number of benzene rings is 1. The fourth-order valence-corrected chi connectivity index (χ4v) is 3.48. The van der Waals surface area contributed by atoms with Gasteiger partial charge in [-0.25, -0.2) is 0 Å². The molecule has 3 aromatic rings. The van der Waals surface area contributed by atoms with E-state index in [1.165, 1.54) is 17.7 Å². The standard InChI is InChI=1S/C21H22N4O/c1-25-20(12-15-6-3-2-4-7-15)18(14-23-25)21(26)22-13-17-11-10-16-8-5-9-19(16)24-17/h2-4,6-7,10-11,14H,5,8-9,12-13H2,1H3,(H,22,26). The van der Waals surface area contributed by atoms with E-state index in [9.17, 15) is 4.79 Å². The van der Waals surface area contributed by atoms with Crippen LogP contribution >= 0.6 is 0 Å². The molecular formula is C21H22N4O. The van der Waals surface area contributed by atoms with Crippen LogP contribution in [0.15, 0.2) is 48.7 Å². The van der Waals surface area contributed by atoms with E-state index in [1.54, 1.807) is 10.9 Å². The monoisotopic (exact) mass is 346 g/mol. The molecule has 1 aliphatic carbocycles. The van der Waals surface area contributed by atoms with Gasteiger partial charge in [0, 0.05) is 19.2 Å². The van der Waals surface area contributed by atoms with Crippen LogP contribution in [0, 0.1) is 0 Å². The Morgan fingerprint density at radius 3 is 2.85 bits per heavy atom. The maximum absolute atomic E-state index is 12.7. The van der Waals surface area contributed by atoms with E-state index in [2.05, 4.69) is 33.6 Å². The lowest BCUT2D eigenvalue weighted by atomic mass is 10.1. The van der Waals surface area contributed by atoms with Crippen LogP contribution in [-0.2, 0) is 32.9 Å². The van der Waals surface area contributed by atoms with Crippen LogP contribution in [0.5, 0.6) is 0 Å². The Labute approximate surface area is 153 Å². The van der Waals surface area contributed by atoms with Gasteiger partial charge in [-0.05, 0) is 36.5 Å². The van der Waals surface area contributed by atoms with E-state index in [0.29, 0.717) is 18.5 Å². The summed E-state index contributed by atoms with van der Waals surface area (Å²) in [4.78, 5) is 17.4. The van der Waals surface area contributed by atoms with Crippen LogP contribution < -0.4 is 5.32 Å². The minimum absolute atomic E-state index is 0.105. The maximum atomic E-state index is 12.7. The number of rotatable bonds is 5. The Morgan fingerprint density at radius 2 is 2.00 bits per heavy atom. The predicted octanol–water partition coefficient (Wildman–Crippen LogP) is 2.82. The number of pyridine rings is 1. The summed E-state index contributed by atoms with van der Waals surface area (Å²) in [7, 11) is 1.87. The van der Waals surface area contributed by atoms with Crippen molar-refractivity contribution >= 4 is 5.91 Å². The molecule has 2 heterocycles. The van der Waals surface area contributed by atoms with Gasteiger partial charge in [0.2, 0.25) is 0 Å². The summed E-state index contributed by atoms with van der Waals surface area (Å²) in [6.07, 6.45) is 5.66. The van der Waals surface area contributed by atoms with E-state index in [1.807, 2.05) is 31.3 Å². The van der Waals surface area contributed by atoms with Gasteiger partial charge in [0.1, 0.15) is 0 Å². The Bertz CT molecular complexity index is 930. The van der Waals surface area contributed by atoms with Crippen LogP contribution in [0.25, 0.3) is 0 Å². The highest BCUT2D eigenvalue weighted by atomic mass is 16.1. The van der Waals surface area contributed by atoms with Crippen LogP contribution in [-0.4, -0.2) is 20.7 Å². The number of aryl methyl sites for hydroxylation is 3. The Balaban J connectivity index is 1.47. The molecule has 0 radical (unpaired) electrons. The average Bonchev–Trinajstić information content (AvgIpc) is 3.27. The second-order valence-corrected chi connectivity index (χ2v) is 6.74. The van der Waals surface area contributed by atoms with Gasteiger partial charge in [0.15, 0.2) is 0 Å². The van der Waals surface area contributed by atoms with Crippen molar-refractivity contribution in [3.05, 3.63) is 82.4 Å². The fourth-order valence-electron chi connectivity index (χ4n) is 3.48. The minimum Gasteiger partial charge on any atom is -0.346 e. The molecule has 0 bridgehead atoms. The summed E-state index contributed by atoms with van der Waals surface area (Å²) in [6, 6.07) is 14.3. The van der Waals surface area contributed by atoms with Gasteiger partial charge in [0.05, 0.1) is 29.7 Å². The van der Waals surface area contributed by atoms with Crippen LogP contribution in [0.2, 0.25) is 0 Å². The molecule has 4 rings (SSSR count). The highest BCUT2D eigenvalue weighted by Crippen LogP contribution is 2.20. The van der Waals surface area contributed by atoms with Gasteiger partial charge < -0.3 is 5.32 Å². The van der Waals surface area contributed by atoms with Crippen LogP contribution in [0.1, 0.15) is 45.0 Å². The number of carbonyl (C=O) groups excluding carboxylic acids is 1. The first-order chi connectivity index (χ1) is 12.7. The number of fused-ring (bicyclic) bond motifs is 1. The zero-order valence-corrected chi connectivity index (χ0v) is 14.9. The molecule has 2 aromatic heterocycles. The smallest absolute Gasteiger partial charge is 0.255 e. The molecule has 0 aliphatic heterocycles. The molecule has 1 N–H and O–H groups in total. The Morgan fingerprint density at radius 1 is 1.15 bits per heavy atom. The van der Waals surface area contributed by atoms with Gasteiger partial charge >= 0.3 is 0 Å². The first-order valence-corrected chi connectivity index (χ1v) is 9.01. The summed E-state index contributed by atoms with van der Waals surface area (Å²) in [5, 5.41) is 7.27. The van der Waals surface area contributed by atoms with Crippen LogP contribution in [0.3, 0.4) is 0 Å². The molecule has 0 fully saturated rings. The van der Waals surface area contributed by atoms with Crippen molar-refractivity contribution in [2.75, 3.05) is 0 Å². The van der Waals surface area contributed by atoms with Gasteiger partial charge in [0.25, 0.3) is 5.91 Å². The van der Waals surface area contributed by atoms with Crippen molar-refractivity contribution in [1.82, 2.24) is 20.1 Å². The lowest BCUT2D eigenvalue weighted by Gasteiger charge is -2.08. The quantitative estimate of drug-likeness (QED) is 0.773. The Kier molecular flexibility index (Phi) is 4.52. The molecule has 0 saturated heterocycles. The zero-order chi connectivity index (χ0) is 17.9. The second-order valence-electron chi connectivity index (χ2n) is 6.74. The number of hydrogen-bond acceptors (Lipinski definition) is 3. The van der Waals surface area contributed by atoms with Gasteiger partial charge in [-0.2, -0.15) is 5.10 Å². The molecule has 0 spiro atoms. The van der Waals surface area contributed by atoms with Gasteiger partial charge in [-0.15, -0.1) is 0 Å². The lowest BCUT2D eigenvalue weighted by Crippen LogP contribution is -2.24. The second kappa shape index (κ2) is 7.12. The molecule has 132 valence electrons. The molecule has 5 nitrogen and oxygen atoms in total. The summed E-state index contributed by atoms with van der Waals surface area (Å²) in [5.74, 6) is -0.105. The molecule has 5 heteroatoms. The van der Waals surface area contributed by atoms with Crippen molar-refractivity contribution in [3.8, 4) is 0 Å². The van der Waals surface area contributed by atoms with E-state index >= 15 is 0 Å². The topological polar surface area (TPSA) is 59.8 Å². The molecule has 0 saturated carbocycles. The van der Waals surface area contributed by atoms with E-state index < -0.39 is 0 Å². The number of aromatic nitrogens is 3. The van der Waals surface area contributed by atoms with E-state index in [0.717, 1.165) is 29.8 Å². The number of nitrogens with one attached hydrogen (secondary N) is 1. The SMILES string of the molecule is Cn1ncc(C(=O)NCc2ccc3c(n2)CCC3)c1Cc1ccccc1. The van der Waals surface area contributed by atoms with Crippen molar-refractivity contribution < 1.29 is 4.79 Å². The Hall–Kier alpha value is -2.95. The first-order valence-electron chi connectivity index (χ1n) is 9.01. The number of amides is 1. The van der Waals surface area contributed by atoms with Crippen molar-refractivity contribution in [1.29, 1.82) is 0 Å². The summed E-state index contributed by atoms with van der Waals surface area (Å²) in [6.45, 7) is 0.436. The molecule has 1 amide bonds. The van der Waals surface area contributed by atoms with Crippen molar-refractivity contribution in [2.45, 2.75) is 32.2 Å². The average molecular weight is 346 g/mol. The minimum atomic E-state index is -0.105. The number of carbonyl (C=O) groups is 1. The third kappa shape index (κ3) is 3.38. The molecule has 1 aliphatic rings. The number of hydrogen-bond donors (Lipinski definition) is 1. The molecule has 1 aromatic carbocycles. The largest absolute Gasteiger partial charge is 0.346 e. The van der Waals surface area contributed by atoms with E-state index in [4.69, 9.17) is 0 Å². The number of nitrogens with zero attached hydrogens (tertiary/aromatic N) is 3. The molecule has 26 heavy (non-hydrogen) atoms. The summed E-state index contributed by atoms with van der Waals surface area (Å²) >= 11 is 0. The summed E-state index contributed by atoms with van der Waals surface area (Å²) in [5.41, 5.74) is 6.13. The highest BCUT2D eigenvalue weighted by molar-refractivity contribution is 5.95. The third-order valence-corrected chi connectivity index (χ3v) is 4.94. The third-order valence-electron chi connectivity index (χ3n) is 4.94. The fraction of sp³-hybridized carbons (Fsp3) is 0.286. The van der Waals surface area contributed by atoms with Crippen molar-refractivity contribution in [3.63, 3.8) is 0 Å². The highest BCUT2D eigenvalue weighted by Gasteiger charge is 2.17. The van der Waals surface area contributed by atoms with E-state index in [-0.39, 0.29) is 5.91 Å².